The van der Waals surface area contributed by atoms with E-state index in [0.29, 0.717) is 12.3 Å². The highest BCUT2D eigenvalue weighted by molar-refractivity contribution is 5.87. The summed E-state index contributed by atoms with van der Waals surface area (Å²) >= 11 is 0. The SMILES string of the molecule is CCCc1nc2c(C)cc(-c3nc4ccccc4[nH]3)cc2n1Cc1ccc(-c2ccccc2OC(=O)O)cc1. The summed E-state index contributed by atoms with van der Waals surface area (Å²) in [5.74, 6) is 2.22. The van der Waals surface area contributed by atoms with E-state index in [-0.39, 0.29) is 0 Å². The molecule has 7 nitrogen and oxygen atoms in total. The van der Waals surface area contributed by atoms with E-state index in [1.807, 2.05) is 48.5 Å². The van der Waals surface area contributed by atoms with E-state index in [4.69, 9.17) is 19.8 Å². The quantitative estimate of drug-likeness (QED) is 0.168. The number of carbonyl (C=O) groups is 1. The lowest BCUT2D eigenvalue weighted by molar-refractivity contribution is 0.144. The molecule has 0 unspecified atom stereocenters. The Bertz CT molecular complexity index is 1780. The molecule has 6 rings (SSSR count). The molecule has 4 aromatic carbocycles. The molecule has 2 heterocycles. The molecule has 0 amide bonds. The number of H-pyrrole nitrogens is 1. The van der Waals surface area contributed by atoms with Gasteiger partial charge in [-0.1, -0.05) is 61.5 Å². The van der Waals surface area contributed by atoms with Crippen molar-refractivity contribution >= 4 is 28.2 Å². The minimum atomic E-state index is -1.33. The van der Waals surface area contributed by atoms with Gasteiger partial charge in [-0.25, -0.2) is 14.8 Å². The van der Waals surface area contributed by atoms with Crippen LogP contribution in [0.3, 0.4) is 0 Å². The van der Waals surface area contributed by atoms with Gasteiger partial charge in [0.05, 0.1) is 22.1 Å². The number of aromatic nitrogens is 4. The maximum absolute atomic E-state index is 11.1. The van der Waals surface area contributed by atoms with Crippen molar-refractivity contribution in [2.24, 2.45) is 0 Å². The van der Waals surface area contributed by atoms with E-state index < -0.39 is 6.16 Å². The molecular weight excluding hydrogens is 488 g/mol. The van der Waals surface area contributed by atoms with Gasteiger partial charge in [-0.05, 0) is 60.4 Å². The number of ether oxygens (including phenoxy) is 1. The van der Waals surface area contributed by atoms with Crippen molar-refractivity contribution in [3.8, 4) is 28.3 Å². The van der Waals surface area contributed by atoms with Crippen molar-refractivity contribution in [1.82, 2.24) is 19.5 Å². The van der Waals surface area contributed by atoms with Gasteiger partial charge in [-0.2, -0.15) is 0 Å². The third kappa shape index (κ3) is 4.75. The zero-order valence-corrected chi connectivity index (χ0v) is 21.8. The summed E-state index contributed by atoms with van der Waals surface area (Å²) in [5.41, 5.74) is 8.95. The van der Waals surface area contributed by atoms with Crippen molar-refractivity contribution in [2.75, 3.05) is 0 Å². The first kappa shape index (κ1) is 24.4. The molecule has 6 aromatic rings. The summed E-state index contributed by atoms with van der Waals surface area (Å²) < 4.78 is 7.28. The number of hydrogen-bond donors (Lipinski definition) is 2. The number of para-hydroxylation sites is 3. The molecule has 0 aliphatic carbocycles. The number of nitrogens with one attached hydrogen (secondary N) is 1. The minimum absolute atomic E-state index is 0.317. The van der Waals surface area contributed by atoms with Crippen LogP contribution in [0.15, 0.2) is 84.9 Å². The molecule has 0 bridgehead atoms. The summed E-state index contributed by atoms with van der Waals surface area (Å²) in [4.78, 5) is 24.4. The predicted octanol–water partition coefficient (Wildman–Crippen LogP) is 7.61. The molecule has 0 aliphatic heterocycles. The van der Waals surface area contributed by atoms with Gasteiger partial charge >= 0.3 is 6.16 Å². The summed E-state index contributed by atoms with van der Waals surface area (Å²) in [6.07, 6.45) is 0.552. The highest BCUT2D eigenvalue weighted by Gasteiger charge is 2.16. The lowest BCUT2D eigenvalue weighted by Gasteiger charge is -2.12. The van der Waals surface area contributed by atoms with Crippen LogP contribution in [-0.2, 0) is 13.0 Å². The first-order valence-electron chi connectivity index (χ1n) is 13.0. The van der Waals surface area contributed by atoms with Crippen molar-refractivity contribution in [3.05, 3.63) is 102 Å². The van der Waals surface area contributed by atoms with Gasteiger partial charge in [-0.15, -0.1) is 0 Å². The number of fused-ring (bicyclic) bond motifs is 2. The van der Waals surface area contributed by atoms with Crippen LogP contribution in [0.5, 0.6) is 5.75 Å². The topological polar surface area (TPSA) is 93.0 Å². The van der Waals surface area contributed by atoms with Crippen molar-refractivity contribution in [2.45, 2.75) is 33.2 Å². The number of imidazole rings is 2. The number of rotatable bonds is 7. The second-order valence-electron chi connectivity index (χ2n) is 9.69. The zero-order chi connectivity index (χ0) is 26.9. The largest absolute Gasteiger partial charge is 0.511 e. The molecule has 0 saturated heterocycles. The van der Waals surface area contributed by atoms with E-state index in [9.17, 15) is 4.79 Å². The second-order valence-corrected chi connectivity index (χ2v) is 9.69. The van der Waals surface area contributed by atoms with E-state index in [0.717, 1.165) is 74.4 Å². The summed E-state index contributed by atoms with van der Waals surface area (Å²) in [6.45, 7) is 4.94. The standard InChI is InChI=1S/C32H28N4O3/c1-3-8-29-35-30-20(2)17-23(31-33-25-10-5-6-11-26(25)34-31)18-27(30)36(29)19-21-13-15-22(16-14-21)24-9-4-7-12-28(24)39-32(37)38/h4-7,9-18H,3,8,19H2,1-2H3,(H,33,34)(H,37,38). The van der Waals surface area contributed by atoms with Crippen LogP contribution < -0.4 is 4.74 Å². The van der Waals surface area contributed by atoms with Gasteiger partial charge in [0.25, 0.3) is 0 Å². The summed E-state index contributed by atoms with van der Waals surface area (Å²) in [5, 5.41) is 9.09. The number of aromatic amines is 1. The fourth-order valence-corrected chi connectivity index (χ4v) is 5.12. The summed E-state index contributed by atoms with van der Waals surface area (Å²) in [7, 11) is 0. The molecule has 194 valence electrons. The first-order valence-corrected chi connectivity index (χ1v) is 13.0. The van der Waals surface area contributed by atoms with Crippen LogP contribution in [0.4, 0.5) is 4.79 Å². The molecule has 0 saturated carbocycles. The van der Waals surface area contributed by atoms with Gasteiger partial charge in [0.15, 0.2) is 0 Å². The molecule has 0 aliphatic rings. The average Bonchev–Trinajstić information content (AvgIpc) is 3.52. The van der Waals surface area contributed by atoms with Gasteiger partial charge < -0.3 is 19.4 Å². The van der Waals surface area contributed by atoms with Gasteiger partial charge in [0.1, 0.15) is 17.4 Å². The van der Waals surface area contributed by atoms with Crippen LogP contribution in [0.2, 0.25) is 0 Å². The van der Waals surface area contributed by atoms with Crippen molar-refractivity contribution < 1.29 is 14.6 Å². The first-order chi connectivity index (χ1) is 19.0. The van der Waals surface area contributed by atoms with Crippen LogP contribution in [0.25, 0.3) is 44.6 Å². The van der Waals surface area contributed by atoms with Crippen molar-refractivity contribution in [1.29, 1.82) is 0 Å². The van der Waals surface area contributed by atoms with Crippen LogP contribution in [0, 0.1) is 6.92 Å². The van der Waals surface area contributed by atoms with E-state index in [2.05, 4.69) is 47.7 Å². The maximum atomic E-state index is 11.1. The highest BCUT2D eigenvalue weighted by atomic mass is 16.7. The number of aryl methyl sites for hydroxylation is 2. The number of benzene rings is 4. The Balaban J connectivity index is 1.38. The Morgan fingerprint density at radius 3 is 2.49 bits per heavy atom. The Morgan fingerprint density at radius 1 is 0.949 bits per heavy atom. The monoisotopic (exact) mass is 516 g/mol. The van der Waals surface area contributed by atoms with Crippen LogP contribution in [-0.4, -0.2) is 30.8 Å². The molecule has 0 fully saturated rings. The van der Waals surface area contributed by atoms with Crippen LogP contribution >= 0.6 is 0 Å². The molecule has 39 heavy (non-hydrogen) atoms. The predicted molar refractivity (Wildman–Crippen MR) is 153 cm³/mol. The average molecular weight is 517 g/mol. The minimum Gasteiger partial charge on any atom is -0.449 e. The molecule has 0 atom stereocenters. The van der Waals surface area contributed by atoms with Gasteiger partial charge in [0, 0.05) is 24.1 Å². The number of hydrogen-bond acceptors (Lipinski definition) is 4. The molecule has 2 aromatic heterocycles. The fraction of sp³-hybridized carbons (Fsp3) is 0.156. The van der Waals surface area contributed by atoms with E-state index in [1.54, 1.807) is 12.1 Å². The Labute approximate surface area is 225 Å². The van der Waals surface area contributed by atoms with Crippen LogP contribution in [0.1, 0.15) is 30.3 Å². The molecule has 2 N–H and O–H groups in total. The molecular formula is C32H28N4O3. The number of carboxylic acid groups (broad SMARTS) is 1. The molecule has 0 radical (unpaired) electrons. The molecule has 7 heteroatoms. The second kappa shape index (κ2) is 10.1. The van der Waals surface area contributed by atoms with Gasteiger partial charge in [0.2, 0.25) is 0 Å². The van der Waals surface area contributed by atoms with E-state index >= 15 is 0 Å². The third-order valence-corrected chi connectivity index (χ3v) is 6.95. The lowest BCUT2D eigenvalue weighted by atomic mass is 10.0. The molecule has 0 spiro atoms. The van der Waals surface area contributed by atoms with E-state index in [1.165, 1.54) is 0 Å². The maximum Gasteiger partial charge on any atom is 0.511 e. The Morgan fingerprint density at radius 2 is 1.72 bits per heavy atom. The smallest absolute Gasteiger partial charge is 0.449 e. The Kier molecular flexibility index (Phi) is 6.32. The Hall–Kier alpha value is -4.91. The lowest BCUT2D eigenvalue weighted by Crippen LogP contribution is -2.05. The summed E-state index contributed by atoms with van der Waals surface area (Å²) in [6, 6.07) is 27.7. The fourth-order valence-electron chi connectivity index (χ4n) is 5.12. The highest BCUT2D eigenvalue weighted by Crippen LogP contribution is 2.32. The van der Waals surface area contributed by atoms with Gasteiger partial charge in [-0.3, -0.25) is 0 Å². The number of nitrogens with zero attached hydrogens (tertiary/aromatic N) is 3. The van der Waals surface area contributed by atoms with Crippen molar-refractivity contribution in [3.63, 3.8) is 0 Å². The third-order valence-electron chi connectivity index (χ3n) is 6.95. The normalized spacial score (nSPS) is 11.3. The zero-order valence-electron chi connectivity index (χ0n) is 21.8.